The molecule has 1 fully saturated rings. The van der Waals surface area contributed by atoms with Crippen LogP contribution in [0.1, 0.15) is 49.5 Å². The lowest BCUT2D eigenvalue weighted by atomic mass is 9.95. The molecular formula is C16H25NO. The van der Waals surface area contributed by atoms with Gasteiger partial charge in [0, 0.05) is 18.7 Å². The van der Waals surface area contributed by atoms with Gasteiger partial charge in [0.05, 0.1) is 6.10 Å². The molecule has 2 unspecified atom stereocenters. The van der Waals surface area contributed by atoms with Crippen molar-refractivity contribution in [2.24, 2.45) is 0 Å². The van der Waals surface area contributed by atoms with Crippen molar-refractivity contribution in [3.63, 3.8) is 0 Å². The summed E-state index contributed by atoms with van der Waals surface area (Å²) in [6.07, 6.45) is 2.43. The molecule has 2 heteroatoms. The highest BCUT2D eigenvalue weighted by atomic mass is 16.5. The van der Waals surface area contributed by atoms with Gasteiger partial charge in [-0.25, -0.2) is 0 Å². The summed E-state index contributed by atoms with van der Waals surface area (Å²) in [6, 6.07) is 6.62. The number of rotatable bonds is 2. The summed E-state index contributed by atoms with van der Waals surface area (Å²) in [6.45, 7) is 10.6. The molecule has 2 nitrogen and oxygen atoms in total. The Morgan fingerprint density at radius 3 is 2.89 bits per heavy atom. The van der Waals surface area contributed by atoms with Gasteiger partial charge < -0.3 is 10.1 Å². The minimum atomic E-state index is 0.193. The van der Waals surface area contributed by atoms with Crippen molar-refractivity contribution in [3.8, 4) is 0 Å². The molecule has 100 valence electrons. The molecule has 1 heterocycles. The normalized spacial score (nSPS) is 29.0. The monoisotopic (exact) mass is 247 g/mol. The first-order valence-electron chi connectivity index (χ1n) is 6.98. The van der Waals surface area contributed by atoms with Crippen LogP contribution in [0.5, 0.6) is 0 Å². The third-order valence-electron chi connectivity index (χ3n) is 4.25. The van der Waals surface area contributed by atoms with Crippen LogP contribution < -0.4 is 5.32 Å². The van der Waals surface area contributed by atoms with Gasteiger partial charge in [0.15, 0.2) is 0 Å². The van der Waals surface area contributed by atoms with E-state index in [1.807, 2.05) is 0 Å². The minimum absolute atomic E-state index is 0.193. The van der Waals surface area contributed by atoms with Crippen LogP contribution in [-0.2, 0) is 4.74 Å². The average molecular weight is 247 g/mol. The summed E-state index contributed by atoms with van der Waals surface area (Å²) in [5.74, 6) is 0. The van der Waals surface area contributed by atoms with Crippen molar-refractivity contribution >= 4 is 0 Å². The van der Waals surface area contributed by atoms with Crippen molar-refractivity contribution < 1.29 is 4.74 Å². The largest absolute Gasteiger partial charge is 0.372 e. The van der Waals surface area contributed by atoms with E-state index in [0.717, 1.165) is 26.0 Å². The molecule has 0 bridgehead atoms. The topological polar surface area (TPSA) is 21.3 Å². The Bertz CT molecular complexity index is 416. The lowest BCUT2D eigenvalue weighted by Crippen LogP contribution is -2.42. The molecule has 1 saturated heterocycles. The summed E-state index contributed by atoms with van der Waals surface area (Å²) >= 11 is 0. The quantitative estimate of drug-likeness (QED) is 0.863. The van der Waals surface area contributed by atoms with E-state index >= 15 is 0 Å². The van der Waals surface area contributed by atoms with Gasteiger partial charge in [0.25, 0.3) is 0 Å². The fourth-order valence-electron chi connectivity index (χ4n) is 2.52. The molecule has 18 heavy (non-hydrogen) atoms. The zero-order chi connectivity index (χ0) is 13.2. The van der Waals surface area contributed by atoms with Crippen molar-refractivity contribution in [2.75, 3.05) is 13.2 Å². The highest BCUT2D eigenvalue weighted by Gasteiger charge is 2.27. The smallest absolute Gasteiger partial charge is 0.0952 e. The van der Waals surface area contributed by atoms with Gasteiger partial charge in [-0.2, -0.15) is 0 Å². The Kier molecular flexibility index (Phi) is 4.08. The molecule has 1 aromatic carbocycles. The molecule has 1 aliphatic rings. The number of benzene rings is 1. The maximum atomic E-state index is 6.06. The first kappa shape index (κ1) is 13.6. The van der Waals surface area contributed by atoms with Crippen LogP contribution in [-0.4, -0.2) is 18.7 Å². The Balaban J connectivity index is 2.17. The summed E-state index contributed by atoms with van der Waals surface area (Å²) in [5, 5.41) is 3.68. The molecule has 0 aliphatic carbocycles. The van der Waals surface area contributed by atoms with Gasteiger partial charge in [-0.3, -0.25) is 0 Å². The number of nitrogens with one attached hydrogen (secondary N) is 1. The lowest BCUT2D eigenvalue weighted by molar-refractivity contribution is 0.0649. The van der Waals surface area contributed by atoms with Crippen molar-refractivity contribution in [3.05, 3.63) is 34.9 Å². The van der Waals surface area contributed by atoms with Crippen LogP contribution in [0.4, 0.5) is 0 Å². The standard InChI is InChI=1S/C16H25NO/c1-5-16(4)8-9-18-15(11-17-16)14-10-12(2)6-7-13(14)3/h6-7,10,15,17H,5,8-9,11H2,1-4H3. The Hall–Kier alpha value is -0.860. The van der Waals surface area contributed by atoms with Gasteiger partial charge in [0.2, 0.25) is 0 Å². The summed E-state index contributed by atoms with van der Waals surface area (Å²) in [5.41, 5.74) is 4.20. The first-order chi connectivity index (χ1) is 8.54. The summed E-state index contributed by atoms with van der Waals surface area (Å²) in [4.78, 5) is 0. The molecule has 0 saturated carbocycles. The lowest BCUT2D eigenvalue weighted by Gasteiger charge is -2.27. The summed E-state index contributed by atoms with van der Waals surface area (Å²) in [7, 11) is 0. The van der Waals surface area contributed by atoms with Gasteiger partial charge in [-0.05, 0) is 44.7 Å². The van der Waals surface area contributed by atoms with Crippen molar-refractivity contribution in [1.29, 1.82) is 0 Å². The Morgan fingerprint density at radius 2 is 2.17 bits per heavy atom. The highest BCUT2D eigenvalue weighted by Crippen LogP contribution is 2.27. The van der Waals surface area contributed by atoms with E-state index in [1.54, 1.807) is 0 Å². The maximum Gasteiger partial charge on any atom is 0.0952 e. The molecule has 2 atom stereocenters. The summed E-state index contributed by atoms with van der Waals surface area (Å²) < 4.78 is 6.06. The minimum Gasteiger partial charge on any atom is -0.372 e. The van der Waals surface area contributed by atoms with E-state index in [0.29, 0.717) is 0 Å². The Morgan fingerprint density at radius 1 is 1.39 bits per heavy atom. The Labute approximate surface area is 111 Å². The molecule has 0 amide bonds. The fourth-order valence-corrected chi connectivity index (χ4v) is 2.52. The predicted octanol–water partition coefficient (Wildman–Crippen LogP) is 3.52. The van der Waals surface area contributed by atoms with Crippen molar-refractivity contribution in [1.82, 2.24) is 5.32 Å². The SMILES string of the molecule is CCC1(C)CCOC(c2cc(C)ccc2C)CN1. The number of hydrogen-bond acceptors (Lipinski definition) is 2. The zero-order valence-electron chi connectivity index (χ0n) is 12.0. The second kappa shape index (κ2) is 5.41. The van der Waals surface area contributed by atoms with Crippen LogP contribution in [0, 0.1) is 13.8 Å². The third-order valence-corrected chi connectivity index (χ3v) is 4.25. The molecule has 2 rings (SSSR count). The van der Waals surface area contributed by atoms with E-state index in [-0.39, 0.29) is 11.6 Å². The number of hydrogen-bond donors (Lipinski definition) is 1. The van der Waals surface area contributed by atoms with Crippen molar-refractivity contribution in [2.45, 2.75) is 52.2 Å². The number of aryl methyl sites for hydroxylation is 2. The average Bonchev–Trinajstić information content (AvgIpc) is 2.55. The maximum absolute atomic E-state index is 6.06. The second-order valence-corrected chi connectivity index (χ2v) is 5.76. The van der Waals surface area contributed by atoms with Gasteiger partial charge >= 0.3 is 0 Å². The zero-order valence-corrected chi connectivity index (χ0v) is 12.0. The van der Waals surface area contributed by atoms with Crippen LogP contribution in [0.25, 0.3) is 0 Å². The molecule has 1 N–H and O–H groups in total. The van der Waals surface area contributed by atoms with Gasteiger partial charge in [-0.1, -0.05) is 30.7 Å². The van der Waals surface area contributed by atoms with E-state index < -0.39 is 0 Å². The van der Waals surface area contributed by atoms with E-state index in [4.69, 9.17) is 4.74 Å². The predicted molar refractivity (Wildman–Crippen MR) is 75.9 cm³/mol. The van der Waals surface area contributed by atoms with Crippen LogP contribution in [0.15, 0.2) is 18.2 Å². The van der Waals surface area contributed by atoms with Gasteiger partial charge in [0.1, 0.15) is 0 Å². The molecule has 1 aromatic rings. The second-order valence-electron chi connectivity index (χ2n) is 5.76. The molecule has 1 aliphatic heterocycles. The molecule has 0 aromatic heterocycles. The highest BCUT2D eigenvalue weighted by molar-refractivity contribution is 5.32. The van der Waals surface area contributed by atoms with E-state index in [9.17, 15) is 0 Å². The molecule has 0 spiro atoms. The first-order valence-corrected chi connectivity index (χ1v) is 6.98. The fraction of sp³-hybridized carbons (Fsp3) is 0.625. The van der Waals surface area contributed by atoms with Crippen LogP contribution in [0.3, 0.4) is 0 Å². The number of ether oxygens (including phenoxy) is 1. The third kappa shape index (κ3) is 2.93. The molecular weight excluding hydrogens is 222 g/mol. The molecule has 0 radical (unpaired) electrons. The van der Waals surface area contributed by atoms with Crippen LogP contribution in [0.2, 0.25) is 0 Å². The van der Waals surface area contributed by atoms with E-state index in [2.05, 4.69) is 51.2 Å². The van der Waals surface area contributed by atoms with Crippen LogP contribution >= 0.6 is 0 Å². The van der Waals surface area contributed by atoms with Gasteiger partial charge in [-0.15, -0.1) is 0 Å². The van der Waals surface area contributed by atoms with E-state index in [1.165, 1.54) is 16.7 Å².